The Morgan fingerprint density at radius 3 is 2.64 bits per heavy atom. The SMILES string of the molecule is C[C@]12CC[C@@H]3c4ccc(OCCCN5CCC(n6cc([C@H]7OC[C@H](Oc8cccc(C(F)(F)F)n8)[C@@H](O)[C@H]7O)nn6)CC5)cc4CC[C@H]3[C@@H]1CC[C@@H]2O. The second-order valence-electron chi connectivity index (χ2n) is 16.1. The fourth-order valence-corrected chi connectivity index (χ4v) is 10.1. The number of halogens is 3. The van der Waals surface area contributed by atoms with Crippen molar-refractivity contribution in [1.82, 2.24) is 24.9 Å². The Balaban J connectivity index is 0.771. The Labute approximate surface area is 307 Å². The third-order valence-electron chi connectivity index (χ3n) is 13.1. The van der Waals surface area contributed by atoms with Crippen LogP contribution >= 0.6 is 0 Å². The fourth-order valence-electron chi connectivity index (χ4n) is 10.1. The van der Waals surface area contributed by atoms with E-state index in [2.05, 4.69) is 45.3 Å². The van der Waals surface area contributed by atoms with E-state index in [1.54, 1.807) is 10.9 Å². The average molecular weight is 742 g/mol. The molecule has 0 radical (unpaired) electrons. The Kier molecular flexibility index (Phi) is 10.2. The minimum Gasteiger partial charge on any atom is -0.494 e. The Hall–Kier alpha value is -3.30. The Morgan fingerprint density at radius 2 is 1.83 bits per heavy atom. The zero-order valence-corrected chi connectivity index (χ0v) is 30.1. The monoisotopic (exact) mass is 741 g/mol. The number of nitrogens with zero attached hydrogens (tertiary/aromatic N) is 5. The molecular formula is C39H50F3N5O6. The molecule has 0 unspecified atom stereocenters. The third-order valence-corrected chi connectivity index (χ3v) is 13.1. The lowest BCUT2D eigenvalue weighted by Crippen LogP contribution is -2.51. The van der Waals surface area contributed by atoms with Gasteiger partial charge >= 0.3 is 6.18 Å². The normalized spacial score (nSPS) is 33.6. The first kappa shape index (κ1) is 36.7. The highest BCUT2D eigenvalue weighted by atomic mass is 19.4. The molecule has 3 N–H and O–H groups in total. The summed E-state index contributed by atoms with van der Waals surface area (Å²) in [4.78, 5) is 5.90. The predicted molar refractivity (Wildman–Crippen MR) is 186 cm³/mol. The van der Waals surface area contributed by atoms with Crippen molar-refractivity contribution in [1.29, 1.82) is 0 Å². The topological polar surface area (TPSA) is 135 Å². The smallest absolute Gasteiger partial charge is 0.433 e. The number of piperidine rings is 1. The molecule has 8 rings (SSSR count). The summed E-state index contributed by atoms with van der Waals surface area (Å²) in [5.74, 6) is 2.56. The zero-order valence-electron chi connectivity index (χ0n) is 30.1. The zero-order chi connectivity index (χ0) is 36.9. The van der Waals surface area contributed by atoms with Crippen LogP contribution < -0.4 is 9.47 Å². The minimum atomic E-state index is -4.64. The molecule has 0 amide bonds. The molecule has 53 heavy (non-hydrogen) atoms. The molecule has 0 bridgehead atoms. The van der Waals surface area contributed by atoms with Gasteiger partial charge < -0.3 is 34.4 Å². The highest BCUT2D eigenvalue weighted by Crippen LogP contribution is 2.61. The van der Waals surface area contributed by atoms with Gasteiger partial charge in [0.05, 0.1) is 31.6 Å². The maximum Gasteiger partial charge on any atom is 0.433 e. The predicted octanol–water partition coefficient (Wildman–Crippen LogP) is 5.26. The van der Waals surface area contributed by atoms with Crippen molar-refractivity contribution in [3.63, 3.8) is 0 Å². The lowest BCUT2D eigenvalue weighted by Gasteiger charge is -2.50. The molecule has 288 valence electrons. The van der Waals surface area contributed by atoms with Gasteiger partial charge in [-0.3, -0.25) is 0 Å². The Bertz CT molecular complexity index is 1740. The number of likely N-dealkylation sites (tertiary alicyclic amines) is 1. The highest BCUT2D eigenvalue weighted by molar-refractivity contribution is 5.40. The number of benzene rings is 1. The lowest BCUT2D eigenvalue weighted by molar-refractivity contribution is -0.184. The van der Waals surface area contributed by atoms with Gasteiger partial charge in [0.2, 0.25) is 5.88 Å². The summed E-state index contributed by atoms with van der Waals surface area (Å²) >= 11 is 0. The number of hydrogen-bond acceptors (Lipinski definition) is 10. The minimum absolute atomic E-state index is 0.101. The van der Waals surface area contributed by atoms with E-state index in [-0.39, 0.29) is 30.0 Å². The van der Waals surface area contributed by atoms with Gasteiger partial charge in [-0.05, 0) is 110 Å². The van der Waals surface area contributed by atoms with Gasteiger partial charge in [0, 0.05) is 25.7 Å². The molecule has 2 aliphatic heterocycles. The molecule has 1 aromatic carbocycles. The van der Waals surface area contributed by atoms with Crippen LogP contribution in [-0.4, -0.2) is 97.5 Å². The number of pyridine rings is 1. The summed E-state index contributed by atoms with van der Waals surface area (Å²) in [6.07, 6.45) is 1.39. The van der Waals surface area contributed by atoms with Crippen molar-refractivity contribution >= 4 is 0 Å². The van der Waals surface area contributed by atoms with Gasteiger partial charge in [-0.25, -0.2) is 9.67 Å². The number of aromatic nitrogens is 4. The van der Waals surface area contributed by atoms with Crippen LogP contribution in [0.3, 0.4) is 0 Å². The quantitative estimate of drug-likeness (QED) is 0.250. The van der Waals surface area contributed by atoms with Crippen molar-refractivity contribution in [2.24, 2.45) is 17.3 Å². The maximum atomic E-state index is 13.0. The first-order valence-corrected chi connectivity index (χ1v) is 19.2. The first-order valence-electron chi connectivity index (χ1n) is 19.2. The van der Waals surface area contributed by atoms with Gasteiger partial charge in [-0.15, -0.1) is 5.10 Å². The number of rotatable bonds is 9. The van der Waals surface area contributed by atoms with Crippen molar-refractivity contribution in [2.45, 2.75) is 113 Å². The third kappa shape index (κ3) is 7.29. The summed E-state index contributed by atoms with van der Waals surface area (Å²) in [7, 11) is 0. The van der Waals surface area contributed by atoms with Crippen LogP contribution in [0.25, 0.3) is 0 Å². The number of alkyl halides is 3. The van der Waals surface area contributed by atoms with Gasteiger partial charge in [-0.1, -0.05) is 24.3 Å². The summed E-state index contributed by atoms with van der Waals surface area (Å²) < 4.78 is 58.4. The van der Waals surface area contributed by atoms with E-state index in [4.69, 9.17) is 14.2 Å². The highest BCUT2D eigenvalue weighted by Gasteiger charge is 2.54. The average Bonchev–Trinajstić information content (AvgIpc) is 3.76. The second-order valence-corrected chi connectivity index (χ2v) is 16.1. The van der Waals surface area contributed by atoms with Crippen molar-refractivity contribution in [3.8, 4) is 11.6 Å². The van der Waals surface area contributed by atoms with E-state index >= 15 is 0 Å². The van der Waals surface area contributed by atoms with E-state index < -0.39 is 36.3 Å². The number of ether oxygens (including phenoxy) is 3. The van der Waals surface area contributed by atoms with Crippen LogP contribution in [0.1, 0.15) is 98.9 Å². The molecule has 2 saturated heterocycles. The summed E-state index contributed by atoms with van der Waals surface area (Å²) in [6.45, 7) is 5.55. The number of aliphatic hydroxyl groups is 3. The molecule has 0 spiro atoms. The van der Waals surface area contributed by atoms with E-state index in [9.17, 15) is 28.5 Å². The maximum absolute atomic E-state index is 13.0. The van der Waals surface area contributed by atoms with E-state index in [0.29, 0.717) is 30.1 Å². The van der Waals surface area contributed by atoms with Crippen LogP contribution in [0, 0.1) is 17.3 Å². The van der Waals surface area contributed by atoms with Crippen LogP contribution in [-0.2, 0) is 17.3 Å². The number of fused-ring (bicyclic) bond motifs is 5. The largest absolute Gasteiger partial charge is 0.494 e. The van der Waals surface area contributed by atoms with Crippen LogP contribution in [0.4, 0.5) is 13.2 Å². The molecule has 14 heteroatoms. The van der Waals surface area contributed by atoms with Gasteiger partial charge in [0.15, 0.2) is 6.10 Å². The van der Waals surface area contributed by atoms with Crippen LogP contribution in [0.15, 0.2) is 42.6 Å². The number of aliphatic hydroxyl groups excluding tert-OH is 3. The fraction of sp³-hybridized carbons (Fsp3) is 0.667. The molecule has 5 aliphatic rings. The van der Waals surface area contributed by atoms with Crippen molar-refractivity contribution in [3.05, 3.63) is 65.1 Å². The molecule has 9 atom stereocenters. The van der Waals surface area contributed by atoms with Gasteiger partial charge in [0.1, 0.15) is 35.4 Å². The molecular weight excluding hydrogens is 691 g/mol. The number of hydrogen-bond donors (Lipinski definition) is 3. The summed E-state index contributed by atoms with van der Waals surface area (Å²) in [5, 5.41) is 40.8. The summed E-state index contributed by atoms with van der Waals surface area (Å²) in [5.41, 5.74) is 2.30. The summed E-state index contributed by atoms with van der Waals surface area (Å²) in [6, 6.07) is 10.1. The molecule has 3 aliphatic carbocycles. The first-order chi connectivity index (χ1) is 25.5. The van der Waals surface area contributed by atoms with Crippen molar-refractivity contribution < 1.29 is 42.7 Å². The standard InChI is InChI=1S/C39H50F3N5O6/c1-38-15-12-27-26-9-7-25(20-23(26)6-8-28(27)29(38)10-11-33(38)48)51-19-3-16-46-17-13-24(14-18-46)47-21-30(44-45-47)37-36(50)35(49)31(22-52-37)53-34-5-2-4-32(43-34)39(40,41)42/h2,4-5,7,9,20-21,24,27-29,31,33,35-37,48-50H,3,6,8,10-19,22H2,1H3/t27-,28-,29+,31+,33+,35-,36-,37-,38+/m1/s1. The lowest BCUT2D eigenvalue weighted by atomic mass is 9.55. The van der Waals surface area contributed by atoms with Gasteiger partial charge in [0.25, 0.3) is 0 Å². The van der Waals surface area contributed by atoms with Gasteiger partial charge in [-0.2, -0.15) is 13.2 Å². The van der Waals surface area contributed by atoms with E-state index in [1.165, 1.54) is 30.0 Å². The van der Waals surface area contributed by atoms with Crippen LogP contribution in [0.2, 0.25) is 0 Å². The Morgan fingerprint density at radius 1 is 1.00 bits per heavy atom. The van der Waals surface area contributed by atoms with E-state index in [1.807, 2.05) is 0 Å². The molecule has 11 nitrogen and oxygen atoms in total. The molecule has 4 heterocycles. The molecule has 2 aromatic heterocycles. The molecule has 2 saturated carbocycles. The van der Waals surface area contributed by atoms with Crippen LogP contribution in [0.5, 0.6) is 11.6 Å². The second kappa shape index (κ2) is 14.7. The molecule has 4 fully saturated rings. The van der Waals surface area contributed by atoms with E-state index in [0.717, 1.165) is 82.5 Å². The molecule has 3 aromatic rings. The number of aryl methyl sites for hydroxylation is 1. The van der Waals surface area contributed by atoms with Crippen molar-refractivity contribution in [2.75, 3.05) is 32.8 Å².